The number of rotatable bonds is 3. The number of hydrogen-bond acceptors (Lipinski definition) is 3. The molecule has 0 unspecified atom stereocenters. The van der Waals surface area contributed by atoms with Crippen LogP contribution in [0, 0.1) is 6.92 Å². The van der Waals surface area contributed by atoms with Gasteiger partial charge in [-0.25, -0.2) is 4.79 Å². The van der Waals surface area contributed by atoms with E-state index >= 15 is 0 Å². The molecule has 2 aromatic rings. The number of nitrogens with one attached hydrogen (secondary N) is 1. The monoisotopic (exact) mass is 296 g/mol. The van der Waals surface area contributed by atoms with Gasteiger partial charge in [0.2, 0.25) is 0 Å². The summed E-state index contributed by atoms with van der Waals surface area (Å²) in [5.41, 5.74) is 1.31. The second-order valence-corrected chi connectivity index (χ2v) is 5.46. The van der Waals surface area contributed by atoms with E-state index in [1.165, 1.54) is 0 Å². The van der Waals surface area contributed by atoms with Crippen LogP contribution in [0.3, 0.4) is 0 Å². The van der Waals surface area contributed by atoms with Gasteiger partial charge >= 0.3 is 5.69 Å². The zero-order valence-corrected chi connectivity index (χ0v) is 12.7. The number of H-pyrrole nitrogens is 1. The van der Waals surface area contributed by atoms with E-state index in [-0.39, 0.29) is 23.2 Å². The van der Waals surface area contributed by atoms with Crippen LogP contribution in [0.2, 0.25) is 5.15 Å². The standard InChI is InChI=1S/C13H17ClN4O2/c1-7(2)10-11(14)16-13(20)18(12(10)19)6-9-5-15-17(4)8(9)3/h5,7H,6H2,1-4H3,(H,16,20). The molecule has 2 aromatic heterocycles. The maximum Gasteiger partial charge on any atom is 0.329 e. The molecule has 0 radical (unpaired) electrons. The van der Waals surface area contributed by atoms with E-state index < -0.39 is 5.69 Å². The van der Waals surface area contributed by atoms with Crippen molar-refractivity contribution in [1.82, 2.24) is 19.3 Å². The van der Waals surface area contributed by atoms with Gasteiger partial charge in [0.1, 0.15) is 5.15 Å². The molecule has 1 N–H and O–H groups in total. The Morgan fingerprint density at radius 3 is 2.55 bits per heavy atom. The van der Waals surface area contributed by atoms with Crippen LogP contribution >= 0.6 is 11.6 Å². The number of hydrogen-bond donors (Lipinski definition) is 1. The number of aromatic amines is 1. The van der Waals surface area contributed by atoms with Crippen molar-refractivity contribution in [3.05, 3.63) is 49.0 Å². The van der Waals surface area contributed by atoms with Gasteiger partial charge in [-0.15, -0.1) is 0 Å². The summed E-state index contributed by atoms with van der Waals surface area (Å²) in [5.74, 6) is -0.0619. The summed E-state index contributed by atoms with van der Waals surface area (Å²) in [4.78, 5) is 26.9. The Labute approximate surface area is 121 Å². The number of nitrogens with zero attached hydrogens (tertiary/aromatic N) is 3. The molecule has 0 saturated carbocycles. The smallest absolute Gasteiger partial charge is 0.297 e. The van der Waals surface area contributed by atoms with Crippen LogP contribution in [0.4, 0.5) is 0 Å². The van der Waals surface area contributed by atoms with E-state index in [1.54, 1.807) is 10.9 Å². The van der Waals surface area contributed by atoms with E-state index in [0.29, 0.717) is 5.56 Å². The Balaban J connectivity index is 2.58. The first-order chi connectivity index (χ1) is 9.32. The first-order valence-electron chi connectivity index (χ1n) is 6.33. The van der Waals surface area contributed by atoms with Crippen LogP contribution in [-0.2, 0) is 13.6 Å². The Bertz CT molecular complexity index is 755. The van der Waals surface area contributed by atoms with Crippen molar-refractivity contribution in [2.24, 2.45) is 7.05 Å². The zero-order chi connectivity index (χ0) is 15.0. The van der Waals surface area contributed by atoms with Gasteiger partial charge in [0.05, 0.1) is 18.3 Å². The quantitative estimate of drug-likeness (QED) is 0.870. The van der Waals surface area contributed by atoms with Crippen LogP contribution in [0.25, 0.3) is 0 Å². The molecule has 0 fully saturated rings. The van der Waals surface area contributed by atoms with Crippen LogP contribution in [0.15, 0.2) is 15.8 Å². The van der Waals surface area contributed by atoms with Gasteiger partial charge in [-0.05, 0) is 12.8 Å². The van der Waals surface area contributed by atoms with Crippen molar-refractivity contribution < 1.29 is 0 Å². The molecule has 0 aliphatic heterocycles. The summed E-state index contributed by atoms with van der Waals surface area (Å²) in [6.07, 6.45) is 1.66. The van der Waals surface area contributed by atoms with E-state index in [9.17, 15) is 9.59 Å². The Morgan fingerprint density at radius 2 is 2.05 bits per heavy atom. The Hall–Kier alpha value is -1.82. The second-order valence-electron chi connectivity index (χ2n) is 5.08. The molecule has 2 heterocycles. The highest BCUT2D eigenvalue weighted by Crippen LogP contribution is 2.16. The lowest BCUT2D eigenvalue weighted by atomic mass is 10.1. The third-order valence-electron chi connectivity index (χ3n) is 3.42. The number of aryl methyl sites for hydroxylation is 1. The largest absolute Gasteiger partial charge is 0.329 e. The maximum absolute atomic E-state index is 12.4. The number of aromatic nitrogens is 4. The maximum atomic E-state index is 12.4. The van der Waals surface area contributed by atoms with Gasteiger partial charge in [0.15, 0.2) is 0 Å². The van der Waals surface area contributed by atoms with Crippen LogP contribution in [0.5, 0.6) is 0 Å². The molecule has 0 aliphatic rings. The summed E-state index contributed by atoms with van der Waals surface area (Å²) in [7, 11) is 1.81. The summed E-state index contributed by atoms with van der Waals surface area (Å²) in [6, 6.07) is 0. The molecule has 2 rings (SSSR count). The van der Waals surface area contributed by atoms with Crippen molar-refractivity contribution in [3.8, 4) is 0 Å². The van der Waals surface area contributed by atoms with Crippen molar-refractivity contribution in [2.75, 3.05) is 0 Å². The van der Waals surface area contributed by atoms with Gasteiger partial charge in [-0.2, -0.15) is 5.10 Å². The molecule has 0 amide bonds. The van der Waals surface area contributed by atoms with Crippen molar-refractivity contribution in [3.63, 3.8) is 0 Å². The topological polar surface area (TPSA) is 72.7 Å². The molecular weight excluding hydrogens is 280 g/mol. The van der Waals surface area contributed by atoms with Crippen LogP contribution in [-0.4, -0.2) is 19.3 Å². The Kier molecular flexibility index (Phi) is 3.85. The third-order valence-corrected chi connectivity index (χ3v) is 3.71. The van der Waals surface area contributed by atoms with Gasteiger partial charge < -0.3 is 0 Å². The minimum atomic E-state index is -0.507. The predicted molar refractivity (Wildman–Crippen MR) is 77.5 cm³/mol. The average Bonchev–Trinajstić information content (AvgIpc) is 2.65. The minimum Gasteiger partial charge on any atom is -0.297 e. The van der Waals surface area contributed by atoms with Gasteiger partial charge in [0, 0.05) is 18.3 Å². The molecule has 0 aliphatic carbocycles. The molecule has 6 nitrogen and oxygen atoms in total. The van der Waals surface area contributed by atoms with E-state index in [0.717, 1.165) is 15.8 Å². The molecular formula is C13H17ClN4O2. The van der Waals surface area contributed by atoms with Crippen molar-refractivity contribution in [1.29, 1.82) is 0 Å². The van der Waals surface area contributed by atoms with Crippen molar-refractivity contribution in [2.45, 2.75) is 33.2 Å². The first-order valence-corrected chi connectivity index (χ1v) is 6.70. The molecule has 7 heteroatoms. The lowest BCUT2D eigenvalue weighted by Gasteiger charge is -2.11. The molecule has 0 saturated heterocycles. The molecule has 0 atom stereocenters. The fourth-order valence-corrected chi connectivity index (χ4v) is 2.45. The van der Waals surface area contributed by atoms with Crippen LogP contribution in [0.1, 0.15) is 36.6 Å². The zero-order valence-electron chi connectivity index (χ0n) is 11.9. The second kappa shape index (κ2) is 5.28. The normalized spacial score (nSPS) is 11.3. The van der Waals surface area contributed by atoms with Gasteiger partial charge in [0.25, 0.3) is 5.56 Å². The Morgan fingerprint density at radius 1 is 1.40 bits per heavy atom. The molecule has 20 heavy (non-hydrogen) atoms. The fourth-order valence-electron chi connectivity index (χ4n) is 2.07. The highest BCUT2D eigenvalue weighted by molar-refractivity contribution is 6.30. The molecule has 0 spiro atoms. The minimum absolute atomic E-state index is 0.0619. The first kappa shape index (κ1) is 14.6. The summed E-state index contributed by atoms with van der Waals surface area (Å²) < 4.78 is 2.86. The van der Waals surface area contributed by atoms with Crippen LogP contribution < -0.4 is 11.2 Å². The van der Waals surface area contributed by atoms with E-state index in [4.69, 9.17) is 11.6 Å². The van der Waals surface area contributed by atoms with Gasteiger partial charge in [-0.1, -0.05) is 25.4 Å². The fraction of sp³-hybridized carbons (Fsp3) is 0.462. The lowest BCUT2D eigenvalue weighted by molar-refractivity contribution is 0.665. The average molecular weight is 297 g/mol. The van der Waals surface area contributed by atoms with E-state index in [1.807, 2.05) is 27.8 Å². The molecule has 108 valence electrons. The van der Waals surface area contributed by atoms with Gasteiger partial charge in [-0.3, -0.25) is 19.0 Å². The number of halogens is 1. The SMILES string of the molecule is Cc1c(Cn2c(=O)[nH]c(Cl)c(C(C)C)c2=O)cnn1C. The summed E-state index contributed by atoms with van der Waals surface area (Å²) in [5, 5.41) is 4.23. The van der Waals surface area contributed by atoms with E-state index in [2.05, 4.69) is 10.1 Å². The summed E-state index contributed by atoms with van der Waals surface area (Å²) in [6.45, 7) is 5.80. The third kappa shape index (κ3) is 2.43. The predicted octanol–water partition coefficient (Wildman–Crippen LogP) is 1.40. The summed E-state index contributed by atoms with van der Waals surface area (Å²) >= 11 is 5.95. The highest BCUT2D eigenvalue weighted by atomic mass is 35.5. The molecule has 0 bridgehead atoms. The molecule has 0 aromatic carbocycles. The lowest BCUT2D eigenvalue weighted by Crippen LogP contribution is -2.38. The van der Waals surface area contributed by atoms with Crippen molar-refractivity contribution >= 4 is 11.6 Å². The highest BCUT2D eigenvalue weighted by Gasteiger charge is 2.16.